The van der Waals surface area contributed by atoms with E-state index in [0.29, 0.717) is 18.7 Å². The predicted octanol–water partition coefficient (Wildman–Crippen LogP) is 4.55. The lowest BCUT2D eigenvalue weighted by Crippen LogP contribution is -2.33. The number of esters is 1. The Morgan fingerprint density at radius 1 is 1.03 bits per heavy atom. The molecule has 8 nitrogen and oxygen atoms in total. The van der Waals surface area contributed by atoms with Gasteiger partial charge in [0.1, 0.15) is 10.6 Å². The van der Waals surface area contributed by atoms with Crippen LogP contribution in [0, 0.1) is 0 Å². The lowest BCUT2D eigenvalue weighted by atomic mass is 10.2. The van der Waals surface area contributed by atoms with Gasteiger partial charge in [-0.2, -0.15) is 0 Å². The summed E-state index contributed by atoms with van der Waals surface area (Å²) in [5.74, 6) is -1.07. The van der Waals surface area contributed by atoms with Crippen LogP contribution in [0.3, 0.4) is 0 Å². The van der Waals surface area contributed by atoms with Gasteiger partial charge in [0.25, 0.3) is 15.9 Å². The molecule has 1 heterocycles. The average Bonchev–Trinajstić information content (AvgIpc) is 3.26. The average molecular weight is 535 g/mol. The molecule has 1 amide bonds. The molecule has 4 rings (SSSR count). The van der Waals surface area contributed by atoms with Crippen LogP contribution in [0.15, 0.2) is 65.6 Å². The molecule has 0 unspecified atom stereocenters. The van der Waals surface area contributed by atoms with E-state index in [0.717, 1.165) is 23.4 Å². The minimum Gasteiger partial charge on any atom is -0.495 e. The standard InChI is InChI=1S/C24H20Cl2N2O6S/c1-33-21-9-5-3-7-19(21)27-35(31,32)22-12-16(17(25)13-18(22)26)24(30)34-14-23(29)28-11-10-15-6-2-4-8-20(15)28/h2-9,12-13,27H,10-11,14H2,1H3. The minimum atomic E-state index is -4.23. The first kappa shape index (κ1) is 24.8. The maximum Gasteiger partial charge on any atom is 0.340 e. The number of carbonyl (C=O) groups excluding carboxylic acids is 2. The van der Waals surface area contributed by atoms with Crippen molar-refractivity contribution in [2.75, 3.05) is 29.9 Å². The summed E-state index contributed by atoms with van der Waals surface area (Å²) in [6.45, 7) is -0.0535. The van der Waals surface area contributed by atoms with Crippen LogP contribution in [-0.4, -0.2) is 40.6 Å². The van der Waals surface area contributed by atoms with E-state index >= 15 is 0 Å². The summed E-state index contributed by atoms with van der Waals surface area (Å²) in [6.07, 6.45) is 0.708. The molecule has 0 bridgehead atoms. The van der Waals surface area contributed by atoms with Gasteiger partial charge in [-0.3, -0.25) is 9.52 Å². The van der Waals surface area contributed by atoms with Crippen molar-refractivity contribution in [3.8, 4) is 5.75 Å². The topological polar surface area (TPSA) is 102 Å². The van der Waals surface area contributed by atoms with Crippen molar-refractivity contribution in [1.82, 2.24) is 0 Å². The Morgan fingerprint density at radius 2 is 1.74 bits per heavy atom. The summed E-state index contributed by atoms with van der Waals surface area (Å²) in [5.41, 5.74) is 1.74. The lowest BCUT2D eigenvalue weighted by Gasteiger charge is -2.17. The third-order valence-electron chi connectivity index (χ3n) is 5.40. The molecule has 1 aliphatic heterocycles. The number of fused-ring (bicyclic) bond motifs is 1. The van der Waals surface area contributed by atoms with E-state index in [9.17, 15) is 18.0 Å². The van der Waals surface area contributed by atoms with Crippen molar-refractivity contribution in [3.05, 3.63) is 81.8 Å². The van der Waals surface area contributed by atoms with E-state index < -0.39 is 28.5 Å². The fraction of sp³-hybridized carbons (Fsp3) is 0.167. The number of rotatable bonds is 7. The highest BCUT2D eigenvalue weighted by atomic mass is 35.5. The van der Waals surface area contributed by atoms with Crippen molar-refractivity contribution < 1.29 is 27.5 Å². The molecule has 0 saturated carbocycles. The van der Waals surface area contributed by atoms with E-state index in [1.165, 1.54) is 13.2 Å². The Hall–Kier alpha value is -3.27. The summed E-state index contributed by atoms with van der Waals surface area (Å²) in [7, 11) is -2.83. The normalized spacial score (nSPS) is 12.7. The molecule has 0 saturated heterocycles. The van der Waals surface area contributed by atoms with Crippen LogP contribution in [0.1, 0.15) is 15.9 Å². The zero-order valence-corrected chi connectivity index (χ0v) is 20.8. The number of hydrogen-bond donors (Lipinski definition) is 1. The molecule has 1 aliphatic rings. The van der Waals surface area contributed by atoms with Gasteiger partial charge in [-0.05, 0) is 42.3 Å². The molecule has 0 fully saturated rings. The van der Waals surface area contributed by atoms with Crippen LogP contribution in [-0.2, 0) is 26.0 Å². The van der Waals surface area contributed by atoms with E-state index in [4.69, 9.17) is 32.7 Å². The molecule has 0 aromatic heterocycles. The Labute approximate surface area is 212 Å². The molecular weight excluding hydrogens is 515 g/mol. The van der Waals surface area contributed by atoms with Crippen molar-refractivity contribution >= 4 is 56.5 Å². The van der Waals surface area contributed by atoms with Crippen molar-refractivity contribution in [2.45, 2.75) is 11.3 Å². The second kappa shape index (κ2) is 10.2. The number of nitrogens with zero attached hydrogens (tertiary/aromatic N) is 1. The molecule has 1 N–H and O–H groups in total. The van der Waals surface area contributed by atoms with Gasteiger partial charge in [-0.1, -0.05) is 53.5 Å². The molecule has 0 spiro atoms. The van der Waals surface area contributed by atoms with Gasteiger partial charge in [0, 0.05) is 12.2 Å². The van der Waals surface area contributed by atoms with Crippen molar-refractivity contribution in [3.63, 3.8) is 0 Å². The lowest BCUT2D eigenvalue weighted by molar-refractivity contribution is -0.121. The summed E-state index contributed by atoms with van der Waals surface area (Å²) in [4.78, 5) is 26.5. The number of amides is 1. The summed E-state index contributed by atoms with van der Waals surface area (Å²) in [6, 6.07) is 16.0. The van der Waals surface area contributed by atoms with Gasteiger partial charge >= 0.3 is 5.97 Å². The number of ether oxygens (including phenoxy) is 2. The molecule has 0 atom stereocenters. The Balaban J connectivity index is 1.52. The number of para-hydroxylation sites is 3. The third-order valence-corrected chi connectivity index (χ3v) is 7.54. The quantitative estimate of drug-likeness (QED) is 0.446. The number of nitrogens with one attached hydrogen (secondary N) is 1. The number of methoxy groups -OCH3 is 1. The summed E-state index contributed by atoms with van der Waals surface area (Å²) in [5, 5.41) is -0.311. The zero-order valence-electron chi connectivity index (χ0n) is 18.5. The predicted molar refractivity (Wildman–Crippen MR) is 133 cm³/mol. The Morgan fingerprint density at radius 3 is 2.51 bits per heavy atom. The van der Waals surface area contributed by atoms with Gasteiger partial charge in [-0.15, -0.1) is 0 Å². The highest BCUT2D eigenvalue weighted by molar-refractivity contribution is 7.92. The molecule has 11 heteroatoms. The maximum atomic E-state index is 13.0. The first-order valence-corrected chi connectivity index (χ1v) is 12.7. The second-order valence-corrected chi connectivity index (χ2v) is 10.0. The number of hydrogen-bond acceptors (Lipinski definition) is 6. The van der Waals surface area contributed by atoms with Crippen molar-refractivity contribution in [2.24, 2.45) is 0 Å². The van der Waals surface area contributed by atoms with Gasteiger partial charge in [0.05, 0.1) is 28.4 Å². The molecule has 3 aromatic rings. The molecule has 35 heavy (non-hydrogen) atoms. The SMILES string of the molecule is COc1ccccc1NS(=O)(=O)c1cc(C(=O)OCC(=O)N2CCc3ccccc32)c(Cl)cc1Cl. The highest BCUT2D eigenvalue weighted by Crippen LogP contribution is 2.33. The minimum absolute atomic E-state index is 0.116. The Bertz CT molecular complexity index is 1410. The fourth-order valence-electron chi connectivity index (χ4n) is 3.70. The third kappa shape index (κ3) is 5.22. The van der Waals surface area contributed by atoms with Crippen LogP contribution in [0.25, 0.3) is 0 Å². The number of carbonyl (C=O) groups is 2. The number of anilines is 2. The van der Waals surface area contributed by atoms with E-state index in [1.807, 2.05) is 24.3 Å². The monoisotopic (exact) mass is 534 g/mol. The Kier molecular flexibility index (Phi) is 7.20. The molecule has 3 aromatic carbocycles. The second-order valence-electron chi connectivity index (χ2n) is 7.57. The number of sulfonamides is 1. The molecular formula is C24H20Cl2N2O6S. The van der Waals surface area contributed by atoms with Gasteiger partial charge in [0.2, 0.25) is 0 Å². The largest absolute Gasteiger partial charge is 0.495 e. The van der Waals surface area contributed by atoms with E-state index in [2.05, 4.69) is 4.72 Å². The number of halogens is 2. The van der Waals surface area contributed by atoms with Crippen LogP contribution < -0.4 is 14.4 Å². The zero-order chi connectivity index (χ0) is 25.2. The maximum absolute atomic E-state index is 13.0. The van der Waals surface area contributed by atoms with E-state index in [-0.39, 0.29) is 26.2 Å². The van der Waals surface area contributed by atoms with Gasteiger partial charge in [0.15, 0.2) is 6.61 Å². The summed E-state index contributed by atoms with van der Waals surface area (Å²) < 4.78 is 38.8. The molecule has 0 aliphatic carbocycles. The summed E-state index contributed by atoms with van der Waals surface area (Å²) >= 11 is 12.3. The van der Waals surface area contributed by atoms with Crippen LogP contribution in [0.5, 0.6) is 5.75 Å². The highest BCUT2D eigenvalue weighted by Gasteiger charge is 2.27. The van der Waals surface area contributed by atoms with Gasteiger partial charge in [-0.25, -0.2) is 13.2 Å². The fourth-order valence-corrected chi connectivity index (χ4v) is 5.62. The van der Waals surface area contributed by atoms with E-state index in [1.54, 1.807) is 23.1 Å². The smallest absolute Gasteiger partial charge is 0.340 e. The van der Waals surface area contributed by atoms with Crippen LogP contribution >= 0.6 is 23.2 Å². The molecule has 182 valence electrons. The first-order valence-electron chi connectivity index (χ1n) is 10.4. The van der Waals surface area contributed by atoms with Gasteiger partial charge < -0.3 is 14.4 Å². The molecule has 0 radical (unpaired) electrons. The van der Waals surface area contributed by atoms with Crippen molar-refractivity contribution in [1.29, 1.82) is 0 Å². The van der Waals surface area contributed by atoms with Crippen LogP contribution in [0.4, 0.5) is 11.4 Å². The number of benzene rings is 3. The van der Waals surface area contributed by atoms with Crippen LogP contribution in [0.2, 0.25) is 10.0 Å². The first-order chi connectivity index (χ1) is 16.7.